The van der Waals surface area contributed by atoms with Crippen molar-refractivity contribution in [2.75, 3.05) is 13.2 Å². The Hall–Kier alpha value is -2.34. The van der Waals surface area contributed by atoms with Gasteiger partial charge in [-0.1, -0.05) is 18.2 Å². The van der Waals surface area contributed by atoms with E-state index in [4.69, 9.17) is 4.74 Å². The van der Waals surface area contributed by atoms with Crippen molar-refractivity contribution >= 4 is 5.91 Å². The molecule has 120 valence electrons. The van der Waals surface area contributed by atoms with E-state index in [1.807, 2.05) is 29.2 Å². The maximum Gasteiger partial charge on any atom is 0.230 e. The zero-order chi connectivity index (χ0) is 15.8. The molecule has 1 unspecified atom stereocenters. The summed E-state index contributed by atoms with van der Waals surface area (Å²) in [5, 5.41) is 16.4. The predicted octanol–water partition coefficient (Wildman–Crippen LogP) is 1.35. The van der Waals surface area contributed by atoms with Crippen LogP contribution in [-0.4, -0.2) is 39.3 Å². The van der Waals surface area contributed by atoms with E-state index in [9.17, 15) is 9.90 Å². The van der Waals surface area contributed by atoms with Crippen LogP contribution in [0.15, 0.2) is 24.3 Å². The molecule has 0 fully saturated rings. The summed E-state index contributed by atoms with van der Waals surface area (Å²) in [5.41, 5.74) is 3.68. The third kappa shape index (κ3) is 2.39. The van der Waals surface area contributed by atoms with Crippen molar-refractivity contribution in [2.45, 2.75) is 31.9 Å². The molecule has 1 aromatic carbocycles. The molecule has 3 heterocycles. The number of aromatic amines is 1. The fraction of sp³-hybridized carbons (Fsp3) is 0.412. The van der Waals surface area contributed by atoms with Crippen LogP contribution >= 0.6 is 0 Å². The number of fused-ring (bicyclic) bond motifs is 2. The van der Waals surface area contributed by atoms with Crippen LogP contribution in [0.2, 0.25) is 0 Å². The molecule has 2 aliphatic heterocycles. The third-order valence-electron chi connectivity index (χ3n) is 4.74. The summed E-state index contributed by atoms with van der Waals surface area (Å²) < 4.78 is 5.65. The molecule has 0 aliphatic carbocycles. The fourth-order valence-electron chi connectivity index (χ4n) is 3.52. The van der Waals surface area contributed by atoms with Gasteiger partial charge in [-0.15, -0.1) is 0 Å². The Bertz CT molecular complexity index is 740. The number of para-hydroxylation sites is 1. The topological polar surface area (TPSA) is 78.4 Å². The molecule has 0 spiro atoms. The Morgan fingerprint density at radius 1 is 1.43 bits per heavy atom. The summed E-state index contributed by atoms with van der Waals surface area (Å²) in [6.45, 7) is 1.71. The minimum atomic E-state index is -0.137. The first-order valence-corrected chi connectivity index (χ1v) is 7.94. The Morgan fingerprint density at radius 3 is 3.17 bits per heavy atom. The lowest BCUT2D eigenvalue weighted by atomic mass is 9.91. The SMILES string of the molecule is O=C(C1CCOc2ccccc21)N1CCc2c(CO)n[nH]c2C1. The molecule has 1 amide bonds. The summed E-state index contributed by atoms with van der Waals surface area (Å²) in [5.74, 6) is 0.826. The molecule has 2 N–H and O–H groups in total. The van der Waals surface area contributed by atoms with Gasteiger partial charge in [-0.3, -0.25) is 9.89 Å². The number of carbonyl (C=O) groups excluding carboxylic acids is 1. The highest BCUT2D eigenvalue weighted by Crippen LogP contribution is 2.35. The van der Waals surface area contributed by atoms with Crippen LogP contribution < -0.4 is 4.74 Å². The van der Waals surface area contributed by atoms with Crippen molar-refractivity contribution in [3.8, 4) is 5.75 Å². The van der Waals surface area contributed by atoms with Gasteiger partial charge in [-0.2, -0.15) is 5.10 Å². The number of rotatable bonds is 2. The van der Waals surface area contributed by atoms with E-state index in [1.54, 1.807) is 0 Å². The van der Waals surface area contributed by atoms with Crippen LogP contribution in [0, 0.1) is 0 Å². The highest BCUT2D eigenvalue weighted by molar-refractivity contribution is 5.85. The third-order valence-corrected chi connectivity index (χ3v) is 4.74. The monoisotopic (exact) mass is 313 g/mol. The van der Waals surface area contributed by atoms with Crippen LogP contribution in [0.1, 0.15) is 34.9 Å². The number of aliphatic hydroxyl groups excluding tert-OH is 1. The zero-order valence-electron chi connectivity index (χ0n) is 12.8. The summed E-state index contributed by atoms with van der Waals surface area (Å²) >= 11 is 0. The maximum atomic E-state index is 13.0. The molecule has 4 rings (SSSR count). The van der Waals surface area contributed by atoms with Crippen LogP contribution in [0.4, 0.5) is 0 Å². The molecule has 0 saturated carbocycles. The molecule has 2 aliphatic rings. The second-order valence-electron chi connectivity index (χ2n) is 6.02. The van der Waals surface area contributed by atoms with Crippen molar-refractivity contribution in [3.63, 3.8) is 0 Å². The van der Waals surface area contributed by atoms with Crippen LogP contribution in [0.5, 0.6) is 5.75 Å². The van der Waals surface area contributed by atoms with Crippen molar-refractivity contribution in [2.24, 2.45) is 0 Å². The van der Waals surface area contributed by atoms with Crippen LogP contribution in [0.3, 0.4) is 0 Å². The summed E-state index contributed by atoms with van der Waals surface area (Å²) in [4.78, 5) is 14.9. The Balaban J connectivity index is 1.57. The minimum absolute atomic E-state index is 0.0624. The number of carbonyl (C=O) groups is 1. The smallest absolute Gasteiger partial charge is 0.230 e. The molecular formula is C17H19N3O3. The van der Waals surface area contributed by atoms with Gasteiger partial charge in [0, 0.05) is 17.7 Å². The van der Waals surface area contributed by atoms with E-state index in [-0.39, 0.29) is 18.4 Å². The second kappa shape index (κ2) is 5.70. The van der Waals surface area contributed by atoms with Gasteiger partial charge in [0.25, 0.3) is 0 Å². The van der Waals surface area contributed by atoms with Gasteiger partial charge in [-0.05, 0) is 18.9 Å². The largest absolute Gasteiger partial charge is 0.493 e. The highest BCUT2D eigenvalue weighted by Gasteiger charge is 2.33. The van der Waals surface area contributed by atoms with E-state index in [0.29, 0.717) is 31.8 Å². The minimum Gasteiger partial charge on any atom is -0.493 e. The van der Waals surface area contributed by atoms with E-state index in [1.165, 1.54) is 0 Å². The van der Waals surface area contributed by atoms with Gasteiger partial charge >= 0.3 is 0 Å². The van der Waals surface area contributed by atoms with E-state index in [2.05, 4.69) is 10.2 Å². The quantitative estimate of drug-likeness (QED) is 0.877. The number of amides is 1. The highest BCUT2D eigenvalue weighted by atomic mass is 16.5. The molecule has 0 bridgehead atoms. The van der Waals surface area contributed by atoms with Gasteiger partial charge in [0.2, 0.25) is 5.91 Å². The molecule has 6 heteroatoms. The number of hydrogen-bond acceptors (Lipinski definition) is 4. The van der Waals surface area contributed by atoms with Gasteiger partial charge in [0.05, 0.1) is 37.1 Å². The maximum absolute atomic E-state index is 13.0. The number of hydrogen-bond donors (Lipinski definition) is 2. The molecule has 0 saturated heterocycles. The van der Waals surface area contributed by atoms with E-state index >= 15 is 0 Å². The summed E-state index contributed by atoms with van der Waals surface area (Å²) in [7, 11) is 0. The molecule has 1 aromatic heterocycles. The number of nitrogens with zero attached hydrogens (tertiary/aromatic N) is 2. The Morgan fingerprint density at radius 2 is 2.30 bits per heavy atom. The number of aromatic nitrogens is 2. The fourth-order valence-corrected chi connectivity index (χ4v) is 3.52. The lowest BCUT2D eigenvalue weighted by molar-refractivity contribution is -0.134. The number of ether oxygens (including phenoxy) is 1. The first kappa shape index (κ1) is 14.3. The molecule has 6 nitrogen and oxygen atoms in total. The van der Waals surface area contributed by atoms with Crippen molar-refractivity contribution < 1.29 is 14.6 Å². The molecule has 23 heavy (non-hydrogen) atoms. The summed E-state index contributed by atoms with van der Waals surface area (Å²) in [6, 6.07) is 7.78. The Kier molecular flexibility index (Phi) is 3.53. The molecular weight excluding hydrogens is 294 g/mol. The van der Waals surface area contributed by atoms with Gasteiger partial charge < -0.3 is 14.7 Å². The normalized spacial score (nSPS) is 19.7. The van der Waals surface area contributed by atoms with Crippen molar-refractivity contribution in [1.82, 2.24) is 15.1 Å². The number of benzene rings is 1. The first-order chi connectivity index (χ1) is 11.3. The van der Waals surface area contributed by atoms with Crippen molar-refractivity contribution in [1.29, 1.82) is 0 Å². The van der Waals surface area contributed by atoms with E-state index in [0.717, 1.165) is 29.0 Å². The van der Waals surface area contributed by atoms with Crippen molar-refractivity contribution in [3.05, 3.63) is 46.8 Å². The lowest BCUT2D eigenvalue weighted by Crippen LogP contribution is -2.40. The lowest BCUT2D eigenvalue weighted by Gasteiger charge is -2.33. The average Bonchev–Trinajstić information content (AvgIpc) is 3.03. The Labute approximate surface area is 134 Å². The van der Waals surface area contributed by atoms with Crippen LogP contribution in [-0.2, 0) is 24.4 Å². The standard InChI is InChI=1S/C17H19N3O3/c21-10-15-13-5-7-20(9-14(13)18-19-15)17(22)12-6-8-23-16-4-2-1-3-11(12)16/h1-4,12,21H,5-10H2,(H,18,19). The predicted molar refractivity (Wildman–Crippen MR) is 82.9 cm³/mol. The van der Waals surface area contributed by atoms with Gasteiger partial charge in [-0.25, -0.2) is 0 Å². The number of aliphatic hydroxyl groups is 1. The number of H-pyrrole nitrogens is 1. The first-order valence-electron chi connectivity index (χ1n) is 7.94. The number of nitrogens with one attached hydrogen (secondary N) is 1. The second-order valence-corrected chi connectivity index (χ2v) is 6.02. The molecule has 0 radical (unpaired) electrons. The molecule has 2 aromatic rings. The van der Waals surface area contributed by atoms with E-state index < -0.39 is 0 Å². The average molecular weight is 313 g/mol. The summed E-state index contributed by atoms with van der Waals surface area (Å²) in [6.07, 6.45) is 1.45. The van der Waals surface area contributed by atoms with Gasteiger partial charge in [0.15, 0.2) is 0 Å². The van der Waals surface area contributed by atoms with Crippen LogP contribution in [0.25, 0.3) is 0 Å². The zero-order valence-corrected chi connectivity index (χ0v) is 12.8. The van der Waals surface area contributed by atoms with Gasteiger partial charge in [0.1, 0.15) is 5.75 Å². The molecule has 1 atom stereocenters.